The molecule has 10 nitrogen and oxygen atoms in total. The zero-order valence-electron chi connectivity index (χ0n) is 23.5. The van der Waals surface area contributed by atoms with Crippen molar-refractivity contribution in [1.29, 1.82) is 0 Å². The van der Waals surface area contributed by atoms with Crippen molar-refractivity contribution in [1.82, 2.24) is 20.3 Å². The fraction of sp³-hybridized carbons (Fsp3) is 0.500. The summed E-state index contributed by atoms with van der Waals surface area (Å²) in [5, 5.41) is 8.03. The summed E-state index contributed by atoms with van der Waals surface area (Å²) in [4.78, 5) is 39.9. The summed E-state index contributed by atoms with van der Waals surface area (Å²) in [6, 6.07) is 10.1. The Hall–Kier alpha value is -3.79. The molecule has 0 unspecified atom stereocenters. The Morgan fingerprint density at radius 1 is 1.12 bits per heavy atom. The molecule has 1 spiro atoms. The van der Waals surface area contributed by atoms with Crippen LogP contribution in [0.5, 0.6) is 5.88 Å². The molecule has 1 saturated heterocycles. The summed E-state index contributed by atoms with van der Waals surface area (Å²) >= 11 is 0. The van der Waals surface area contributed by atoms with Crippen LogP contribution >= 0.6 is 0 Å². The van der Waals surface area contributed by atoms with Gasteiger partial charge in [0, 0.05) is 43.9 Å². The van der Waals surface area contributed by atoms with Crippen LogP contribution in [0.1, 0.15) is 70.5 Å². The number of imidazole rings is 1. The third-order valence-electron chi connectivity index (χ3n) is 7.45. The molecule has 1 fully saturated rings. The number of aromatic amines is 1. The number of para-hydroxylation sites is 1. The monoisotopic (exact) mass is 548 g/mol. The van der Waals surface area contributed by atoms with Gasteiger partial charge in [0.1, 0.15) is 22.9 Å². The SMILES string of the molecule is CCC(=O)CCCCCCc1ncc(-c2cc3ccccc3nc2OC)[nH]1.NC(=O)C1=NOC2(CCNCC2)C1. The zero-order chi connectivity index (χ0) is 28.4. The lowest BCUT2D eigenvalue weighted by Gasteiger charge is -2.30. The molecule has 0 saturated carbocycles. The predicted molar refractivity (Wildman–Crippen MR) is 155 cm³/mol. The summed E-state index contributed by atoms with van der Waals surface area (Å²) in [5.41, 5.74) is 8.02. The number of oxime groups is 1. The molecule has 2 aromatic heterocycles. The minimum atomic E-state index is -0.463. The Kier molecular flexibility index (Phi) is 10.2. The number of Topliss-reactive ketones (excluding diaryl/α,β-unsaturated/α-hetero) is 1. The summed E-state index contributed by atoms with van der Waals surface area (Å²) in [7, 11) is 1.64. The molecule has 214 valence electrons. The lowest BCUT2D eigenvalue weighted by molar-refractivity contribution is -0.118. The molecular weight excluding hydrogens is 508 g/mol. The molecule has 0 aliphatic carbocycles. The summed E-state index contributed by atoms with van der Waals surface area (Å²) in [6.45, 7) is 3.76. The van der Waals surface area contributed by atoms with Crippen molar-refractivity contribution in [2.45, 2.75) is 76.7 Å². The molecular formula is C30H40N6O4. The van der Waals surface area contributed by atoms with Crippen molar-refractivity contribution in [2.24, 2.45) is 10.9 Å². The third-order valence-corrected chi connectivity index (χ3v) is 7.45. The number of ether oxygens (including phenoxy) is 1. The molecule has 0 radical (unpaired) electrons. The number of carbonyl (C=O) groups excluding carboxylic acids is 2. The molecule has 0 atom stereocenters. The van der Waals surface area contributed by atoms with Gasteiger partial charge in [0.25, 0.3) is 5.91 Å². The van der Waals surface area contributed by atoms with Gasteiger partial charge in [0.2, 0.25) is 5.88 Å². The average Bonchev–Trinajstić information content (AvgIpc) is 3.62. The maximum absolute atomic E-state index is 11.3. The van der Waals surface area contributed by atoms with Crippen LogP contribution in [0.2, 0.25) is 0 Å². The summed E-state index contributed by atoms with van der Waals surface area (Å²) in [5.74, 6) is 1.48. The molecule has 10 heteroatoms. The quantitative estimate of drug-likeness (QED) is 0.300. The lowest BCUT2D eigenvalue weighted by Crippen LogP contribution is -2.42. The number of hydrogen-bond donors (Lipinski definition) is 3. The number of nitrogens with two attached hydrogens (primary N) is 1. The number of H-pyrrole nitrogens is 1. The fourth-order valence-electron chi connectivity index (χ4n) is 5.02. The molecule has 2 aliphatic rings. The predicted octanol–water partition coefficient (Wildman–Crippen LogP) is 4.48. The number of carbonyl (C=O) groups is 2. The second-order valence-corrected chi connectivity index (χ2v) is 10.4. The molecule has 3 aromatic rings. The number of hydrogen-bond acceptors (Lipinski definition) is 8. The Balaban J connectivity index is 0.000000236. The minimum Gasteiger partial charge on any atom is -0.480 e. The van der Waals surface area contributed by atoms with E-state index in [0.29, 0.717) is 30.2 Å². The van der Waals surface area contributed by atoms with Crippen LogP contribution in [0.25, 0.3) is 22.2 Å². The van der Waals surface area contributed by atoms with Gasteiger partial charge >= 0.3 is 0 Å². The number of benzene rings is 1. The van der Waals surface area contributed by atoms with E-state index in [1.165, 1.54) is 0 Å². The van der Waals surface area contributed by atoms with E-state index in [4.69, 9.17) is 15.3 Å². The first kappa shape index (κ1) is 29.2. The highest BCUT2D eigenvalue weighted by atomic mass is 16.7. The number of unbranched alkanes of at least 4 members (excludes halogenated alkanes) is 3. The van der Waals surface area contributed by atoms with E-state index in [1.807, 2.05) is 37.4 Å². The lowest BCUT2D eigenvalue weighted by atomic mass is 9.88. The first-order chi connectivity index (χ1) is 19.4. The maximum atomic E-state index is 11.3. The van der Waals surface area contributed by atoms with E-state index in [1.54, 1.807) is 7.11 Å². The molecule has 4 N–H and O–H groups in total. The number of ketones is 1. The molecule has 5 rings (SSSR count). The number of nitrogens with zero attached hydrogens (tertiary/aromatic N) is 3. The molecule has 1 aromatic carbocycles. The first-order valence-electron chi connectivity index (χ1n) is 14.2. The number of piperidine rings is 1. The Morgan fingerprint density at radius 3 is 2.62 bits per heavy atom. The number of amides is 1. The normalized spacial score (nSPS) is 15.7. The van der Waals surface area contributed by atoms with Gasteiger partial charge in [-0.15, -0.1) is 0 Å². The number of primary amides is 1. The number of rotatable bonds is 11. The van der Waals surface area contributed by atoms with E-state index in [2.05, 4.69) is 31.5 Å². The average molecular weight is 549 g/mol. The Bertz CT molecular complexity index is 1330. The van der Waals surface area contributed by atoms with Crippen molar-refractivity contribution in [3.8, 4) is 17.1 Å². The smallest absolute Gasteiger partial charge is 0.266 e. The molecule has 4 heterocycles. The Labute approximate surface area is 235 Å². The maximum Gasteiger partial charge on any atom is 0.266 e. The fourth-order valence-corrected chi connectivity index (χ4v) is 5.02. The van der Waals surface area contributed by atoms with Crippen LogP contribution in [-0.4, -0.2) is 58.2 Å². The van der Waals surface area contributed by atoms with Gasteiger partial charge in [0.15, 0.2) is 0 Å². The van der Waals surface area contributed by atoms with Crippen molar-refractivity contribution in [3.63, 3.8) is 0 Å². The number of nitrogens with one attached hydrogen (secondary N) is 2. The van der Waals surface area contributed by atoms with Crippen LogP contribution < -0.4 is 15.8 Å². The molecule has 40 heavy (non-hydrogen) atoms. The number of aryl methyl sites for hydroxylation is 1. The summed E-state index contributed by atoms with van der Waals surface area (Å²) < 4.78 is 5.48. The van der Waals surface area contributed by atoms with Gasteiger partial charge in [-0.25, -0.2) is 9.97 Å². The summed E-state index contributed by atoms with van der Waals surface area (Å²) in [6.07, 6.45) is 10.8. The largest absolute Gasteiger partial charge is 0.480 e. The van der Waals surface area contributed by atoms with Crippen LogP contribution in [0, 0.1) is 0 Å². The van der Waals surface area contributed by atoms with Crippen LogP contribution in [0.15, 0.2) is 41.7 Å². The number of fused-ring (bicyclic) bond motifs is 1. The zero-order valence-corrected chi connectivity index (χ0v) is 23.5. The van der Waals surface area contributed by atoms with E-state index in [-0.39, 0.29) is 5.60 Å². The van der Waals surface area contributed by atoms with Gasteiger partial charge in [-0.05, 0) is 38.1 Å². The van der Waals surface area contributed by atoms with Crippen molar-refractivity contribution in [2.75, 3.05) is 20.2 Å². The first-order valence-corrected chi connectivity index (χ1v) is 14.2. The van der Waals surface area contributed by atoms with E-state index < -0.39 is 5.91 Å². The van der Waals surface area contributed by atoms with Gasteiger partial charge < -0.3 is 25.6 Å². The highest BCUT2D eigenvalue weighted by Crippen LogP contribution is 2.32. The standard InChI is InChI=1S/C22H27N3O2.C8H13N3O2/c1-3-17(26)11-6-4-5-7-13-21-23-15-20(24-21)18-14-16-10-8-9-12-19(16)25-22(18)27-2;9-7(12)6-5-8(13-11-6)1-3-10-4-2-8/h8-10,12,14-15H,3-7,11,13H2,1-2H3,(H,23,24);10H,1-5H2,(H2,9,12). The van der Waals surface area contributed by atoms with E-state index in [9.17, 15) is 9.59 Å². The van der Waals surface area contributed by atoms with Crippen LogP contribution in [-0.2, 0) is 20.8 Å². The van der Waals surface area contributed by atoms with Gasteiger partial charge in [0.05, 0.1) is 30.1 Å². The topological polar surface area (TPSA) is 145 Å². The Morgan fingerprint density at radius 2 is 1.90 bits per heavy atom. The number of aromatic nitrogens is 3. The highest BCUT2D eigenvalue weighted by molar-refractivity contribution is 6.38. The van der Waals surface area contributed by atoms with Gasteiger partial charge in [-0.2, -0.15) is 0 Å². The van der Waals surface area contributed by atoms with Crippen molar-refractivity contribution in [3.05, 3.63) is 42.4 Å². The number of methoxy groups -OCH3 is 1. The van der Waals surface area contributed by atoms with Gasteiger partial charge in [-0.1, -0.05) is 43.1 Å². The molecule has 0 bridgehead atoms. The van der Waals surface area contributed by atoms with Crippen LogP contribution in [0.4, 0.5) is 0 Å². The highest BCUT2D eigenvalue weighted by Gasteiger charge is 2.41. The minimum absolute atomic E-state index is 0.240. The molecule has 1 amide bonds. The van der Waals surface area contributed by atoms with E-state index in [0.717, 1.165) is 92.4 Å². The third kappa shape index (κ3) is 7.65. The number of pyridine rings is 1. The van der Waals surface area contributed by atoms with Crippen LogP contribution in [0.3, 0.4) is 0 Å². The van der Waals surface area contributed by atoms with E-state index >= 15 is 0 Å². The molecule has 2 aliphatic heterocycles. The second-order valence-electron chi connectivity index (χ2n) is 10.4. The van der Waals surface area contributed by atoms with Crippen molar-refractivity contribution < 1.29 is 19.2 Å². The van der Waals surface area contributed by atoms with Gasteiger partial charge in [-0.3, -0.25) is 9.59 Å². The van der Waals surface area contributed by atoms with Crippen molar-refractivity contribution >= 4 is 28.3 Å². The second kappa shape index (κ2) is 14.0.